The summed E-state index contributed by atoms with van der Waals surface area (Å²) in [5, 5.41) is 11.7. The molecule has 0 saturated carbocycles. The van der Waals surface area contributed by atoms with Crippen molar-refractivity contribution in [2.75, 3.05) is 11.1 Å². The van der Waals surface area contributed by atoms with Gasteiger partial charge in [0.15, 0.2) is 11.0 Å². The van der Waals surface area contributed by atoms with Gasteiger partial charge in [-0.15, -0.1) is 10.2 Å². The molecular weight excluding hydrogens is 430 g/mol. The molecule has 0 bridgehead atoms. The Labute approximate surface area is 169 Å². The molecule has 2 heterocycles. The number of nitrogens with zero attached hydrogens (tertiary/aromatic N) is 4. The number of hydrogen-bond donors (Lipinski definition) is 1. The van der Waals surface area contributed by atoms with Crippen molar-refractivity contribution >= 4 is 39.4 Å². The average molecular weight is 448 g/mol. The summed E-state index contributed by atoms with van der Waals surface area (Å²) in [6.07, 6.45) is 1.63. The second kappa shape index (κ2) is 9.01. The van der Waals surface area contributed by atoms with Gasteiger partial charge in [-0.2, -0.15) is 0 Å². The third kappa shape index (κ3) is 5.54. The molecule has 0 radical (unpaired) electrons. The molecule has 1 aromatic carbocycles. The van der Waals surface area contributed by atoms with Crippen molar-refractivity contribution < 1.29 is 9.53 Å². The van der Waals surface area contributed by atoms with Gasteiger partial charge in [0.05, 0.1) is 5.75 Å². The number of hydrogen-bond acceptors (Lipinski definition) is 6. The van der Waals surface area contributed by atoms with Crippen LogP contribution in [0.5, 0.6) is 5.75 Å². The zero-order valence-electron chi connectivity index (χ0n) is 14.8. The van der Waals surface area contributed by atoms with Crippen LogP contribution >= 0.6 is 27.7 Å². The average Bonchev–Trinajstić information content (AvgIpc) is 3.00. The van der Waals surface area contributed by atoms with Crippen LogP contribution in [0, 0.1) is 6.92 Å². The number of rotatable bonds is 7. The lowest BCUT2D eigenvalue weighted by atomic mass is 10.2. The molecule has 9 heteroatoms. The molecule has 0 atom stereocenters. The van der Waals surface area contributed by atoms with Crippen LogP contribution < -0.4 is 10.1 Å². The Balaban J connectivity index is 1.52. The number of aromatic nitrogens is 4. The standard InChI is InChI=1S/C18H18BrN5O2S/c1-12-4-3-5-14(8-12)26-10-16-22-23-18(24(16)2)27-11-17(25)21-15-7-6-13(19)9-20-15/h3-9H,10-11H2,1-2H3,(H,20,21,25). The number of anilines is 1. The summed E-state index contributed by atoms with van der Waals surface area (Å²) in [6.45, 7) is 2.32. The Kier molecular flexibility index (Phi) is 6.46. The summed E-state index contributed by atoms with van der Waals surface area (Å²) in [5.41, 5.74) is 1.13. The first-order valence-electron chi connectivity index (χ1n) is 8.13. The zero-order chi connectivity index (χ0) is 19.2. The van der Waals surface area contributed by atoms with Crippen LogP contribution in [0.25, 0.3) is 0 Å². The van der Waals surface area contributed by atoms with Crippen molar-refractivity contribution in [2.24, 2.45) is 7.05 Å². The minimum absolute atomic E-state index is 0.157. The van der Waals surface area contributed by atoms with Crippen molar-refractivity contribution in [1.82, 2.24) is 19.7 Å². The van der Waals surface area contributed by atoms with Crippen LogP contribution in [0.4, 0.5) is 5.82 Å². The summed E-state index contributed by atoms with van der Waals surface area (Å²) in [6, 6.07) is 11.4. The first-order valence-corrected chi connectivity index (χ1v) is 9.91. The van der Waals surface area contributed by atoms with Gasteiger partial charge in [-0.1, -0.05) is 23.9 Å². The maximum Gasteiger partial charge on any atom is 0.236 e. The Hall–Kier alpha value is -2.39. The molecule has 140 valence electrons. The molecule has 0 fully saturated rings. The smallest absolute Gasteiger partial charge is 0.236 e. The number of amides is 1. The van der Waals surface area contributed by atoms with Crippen molar-refractivity contribution in [3.05, 3.63) is 58.5 Å². The highest BCUT2D eigenvalue weighted by Gasteiger charge is 2.12. The fraction of sp³-hybridized carbons (Fsp3) is 0.222. The Morgan fingerprint density at radius 3 is 2.89 bits per heavy atom. The van der Waals surface area contributed by atoms with E-state index < -0.39 is 0 Å². The molecule has 1 N–H and O–H groups in total. The molecule has 0 aliphatic heterocycles. The van der Waals surface area contributed by atoms with E-state index in [0.29, 0.717) is 23.4 Å². The van der Waals surface area contributed by atoms with E-state index in [2.05, 4.69) is 36.4 Å². The number of carbonyl (C=O) groups excluding carboxylic acids is 1. The number of nitrogens with one attached hydrogen (secondary N) is 1. The second-order valence-corrected chi connectivity index (χ2v) is 7.62. The third-order valence-electron chi connectivity index (χ3n) is 3.61. The first kappa shape index (κ1) is 19.4. The van der Waals surface area contributed by atoms with E-state index in [-0.39, 0.29) is 11.7 Å². The number of benzene rings is 1. The highest BCUT2D eigenvalue weighted by Crippen LogP contribution is 2.18. The number of carbonyl (C=O) groups is 1. The van der Waals surface area contributed by atoms with Crippen LogP contribution in [0.1, 0.15) is 11.4 Å². The van der Waals surface area contributed by atoms with E-state index >= 15 is 0 Å². The van der Waals surface area contributed by atoms with Gasteiger partial charge in [-0.25, -0.2) is 4.98 Å². The fourth-order valence-corrected chi connectivity index (χ4v) is 3.17. The lowest BCUT2D eigenvalue weighted by Gasteiger charge is -2.07. The SMILES string of the molecule is Cc1cccc(OCc2nnc(SCC(=O)Nc3ccc(Br)cn3)n2C)c1. The van der Waals surface area contributed by atoms with Crippen molar-refractivity contribution in [3.63, 3.8) is 0 Å². The van der Waals surface area contributed by atoms with E-state index in [1.54, 1.807) is 12.3 Å². The predicted octanol–water partition coefficient (Wildman–Crippen LogP) is 3.59. The van der Waals surface area contributed by atoms with Crippen molar-refractivity contribution in [1.29, 1.82) is 0 Å². The van der Waals surface area contributed by atoms with Crippen molar-refractivity contribution in [2.45, 2.75) is 18.7 Å². The first-order chi connectivity index (χ1) is 13.0. The van der Waals surface area contributed by atoms with Crippen LogP contribution in [0.3, 0.4) is 0 Å². The van der Waals surface area contributed by atoms with Gasteiger partial charge in [0, 0.05) is 17.7 Å². The topological polar surface area (TPSA) is 81.9 Å². The minimum Gasteiger partial charge on any atom is -0.486 e. The van der Waals surface area contributed by atoms with Gasteiger partial charge in [0.2, 0.25) is 5.91 Å². The van der Waals surface area contributed by atoms with Gasteiger partial charge in [0.25, 0.3) is 0 Å². The lowest BCUT2D eigenvalue weighted by molar-refractivity contribution is -0.113. The Bertz CT molecular complexity index is 930. The molecule has 0 spiro atoms. The van der Waals surface area contributed by atoms with E-state index in [1.807, 2.05) is 48.9 Å². The molecule has 0 aliphatic rings. The quantitative estimate of drug-likeness (QED) is 0.557. The van der Waals surface area contributed by atoms with Crippen LogP contribution in [0.2, 0.25) is 0 Å². The minimum atomic E-state index is -0.157. The summed E-state index contributed by atoms with van der Waals surface area (Å²) in [5.74, 6) is 2.04. The lowest BCUT2D eigenvalue weighted by Crippen LogP contribution is -2.15. The number of ether oxygens (including phenoxy) is 1. The Morgan fingerprint density at radius 1 is 1.30 bits per heavy atom. The fourth-order valence-electron chi connectivity index (χ4n) is 2.21. The summed E-state index contributed by atoms with van der Waals surface area (Å²) in [7, 11) is 1.85. The zero-order valence-corrected chi connectivity index (χ0v) is 17.2. The number of aryl methyl sites for hydroxylation is 1. The van der Waals surface area contributed by atoms with Gasteiger partial charge in [0.1, 0.15) is 18.2 Å². The monoisotopic (exact) mass is 447 g/mol. The maximum absolute atomic E-state index is 12.1. The van der Waals surface area contributed by atoms with Crippen LogP contribution in [0.15, 0.2) is 52.2 Å². The number of thioether (sulfide) groups is 1. The molecule has 27 heavy (non-hydrogen) atoms. The number of pyridine rings is 1. The van der Waals surface area contributed by atoms with E-state index in [0.717, 1.165) is 15.8 Å². The summed E-state index contributed by atoms with van der Waals surface area (Å²) in [4.78, 5) is 16.2. The van der Waals surface area contributed by atoms with Gasteiger partial charge in [-0.05, 0) is 52.7 Å². The molecule has 2 aromatic heterocycles. The predicted molar refractivity (Wildman–Crippen MR) is 108 cm³/mol. The van der Waals surface area contributed by atoms with Gasteiger partial charge < -0.3 is 14.6 Å². The molecule has 3 aromatic rings. The molecule has 0 aliphatic carbocycles. The molecule has 7 nitrogen and oxygen atoms in total. The molecular formula is C18H18BrN5O2S. The van der Waals surface area contributed by atoms with Gasteiger partial charge >= 0.3 is 0 Å². The van der Waals surface area contributed by atoms with Crippen molar-refractivity contribution in [3.8, 4) is 5.75 Å². The maximum atomic E-state index is 12.1. The summed E-state index contributed by atoms with van der Waals surface area (Å²) >= 11 is 4.61. The highest BCUT2D eigenvalue weighted by molar-refractivity contribution is 9.10. The number of halogens is 1. The molecule has 1 amide bonds. The Morgan fingerprint density at radius 2 is 2.15 bits per heavy atom. The van der Waals surface area contributed by atoms with E-state index in [4.69, 9.17) is 4.74 Å². The third-order valence-corrected chi connectivity index (χ3v) is 5.10. The van der Waals surface area contributed by atoms with E-state index in [9.17, 15) is 4.79 Å². The normalized spacial score (nSPS) is 10.6. The van der Waals surface area contributed by atoms with E-state index in [1.165, 1.54) is 11.8 Å². The van der Waals surface area contributed by atoms with Crippen LogP contribution in [-0.2, 0) is 18.4 Å². The molecule has 0 unspecified atom stereocenters. The van der Waals surface area contributed by atoms with Gasteiger partial charge in [-0.3, -0.25) is 4.79 Å². The summed E-state index contributed by atoms with van der Waals surface area (Å²) < 4.78 is 8.44. The largest absolute Gasteiger partial charge is 0.486 e. The highest BCUT2D eigenvalue weighted by atomic mass is 79.9. The molecule has 0 saturated heterocycles. The second-order valence-electron chi connectivity index (χ2n) is 5.76. The van der Waals surface area contributed by atoms with Crippen LogP contribution in [-0.4, -0.2) is 31.4 Å². The molecule has 3 rings (SSSR count).